The Labute approximate surface area is 145 Å². The number of ether oxygens (including phenoxy) is 1. The molecule has 6 nitrogen and oxygen atoms in total. The molecule has 0 spiro atoms. The second kappa shape index (κ2) is 8.44. The quantitative estimate of drug-likeness (QED) is 0.640. The van der Waals surface area contributed by atoms with Crippen molar-refractivity contribution >= 4 is 29.5 Å². The lowest BCUT2D eigenvalue weighted by atomic mass is 10.1. The van der Waals surface area contributed by atoms with Crippen LogP contribution >= 0.6 is 11.8 Å². The molecule has 1 amide bonds. The first-order valence-electron chi connectivity index (χ1n) is 7.54. The molecule has 0 saturated heterocycles. The van der Waals surface area contributed by atoms with Gasteiger partial charge >= 0.3 is 5.97 Å². The molecule has 0 aliphatic rings. The highest BCUT2D eigenvalue weighted by molar-refractivity contribution is 8.00. The highest BCUT2D eigenvalue weighted by Crippen LogP contribution is 2.22. The van der Waals surface area contributed by atoms with Crippen molar-refractivity contribution in [2.75, 3.05) is 11.9 Å². The minimum atomic E-state index is -0.368. The molecular formula is C17H19N3O3S. The average Bonchev–Trinajstić information content (AvgIpc) is 2.57. The number of esters is 1. The third-order valence-electron chi connectivity index (χ3n) is 3.11. The van der Waals surface area contributed by atoms with Gasteiger partial charge in [0.05, 0.1) is 6.61 Å². The van der Waals surface area contributed by atoms with Crippen molar-refractivity contribution in [3.05, 3.63) is 47.5 Å². The van der Waals surface area contributed by atoms with E-state index in [0.29, 0.717) is 23.0 Å². The number of hydrogen-bond acceptors (Lipinski definition) is 6. The molecule has 1 unspecified atom stereocenters. The normalized spacial score (nSPS) is 11.6. The van der Waals surface area contributed by atoms with Crippen LogP contribution in [0, 0.1) is 6.92 Å². The van der Waals surface area contributed by atoms with Gasteiger partial charge in [0, 0.05) is 5.56 Å². The number of thioether (sulfide) groups is 1. The predicted molar refractivity (Wildman–Crippen MR) is 93.1 cm³/mol. The van der Waals surface area contributed by atoms with E-state index < -0.39 is 0 Å². The molecular weight excluding hydrogens is 326 g/mol. The molecule has 2 aromatic rings. The van der Waals surface area contributed by atoms with Crippen LogP contribution in [0.1, 0.15) is 29.8 Å². The van der Waals surface area contributed by atoms with Crippen LogP contribution in [0.25, 0.3) is 0 Å². The number of nitrogens with zero attached hydrogens (tertiary/aromatic N) is 2. The number of benzene rings is 1. The molecule has 0 aliphatic carbocycles. The maximum Gasteiger partial charge on any atom is 0.319 e. The molecule has 0 saturated carbocycles. The SMILES string of the molecule is CCOC(=O)C(C)Sc1ccc(NC(=O)c2ccc(C)cc2)nn1. The predicted octanol–water partition coefficient (Wildman–Crippen LogP) is 3.08. The molecule has 0 fully saturated rings. The van der Waals surface area contributed by atoms with Gasteiger partial charge < -0.3 is 10.1 Å². The molecule has 126 valence electrons. The van der Waals surface area contributed by atoms with E-state index >= 15 is 0 Å². The number of carbonyl (C=O) groups is 2. The van der Waals surface area contributed by atoms with E-state index in [1.54, 1.807) is 38.1 Å². The fraction of sp³-hybridized carbons (Fsp3) is 0.294. The van der Waals surface area contributed by atoms with Gasteiger partial charge in [0.15, 0.2) is 5.82 Å². The summed E-state index contributed by atoms with van der Waals surface area (Å²) in [4.78, 5) is 23.7. The summed E-state index contributed by atoms with van der Waals surface area (Å²) in [6.45, 7) is 5.82. The maximum atomic E-state index is 12.1. The second-order valence-electron chi connectivity index (χ2n) is 5.09. The van der Waals surface area contributed by atoms with Crippen LogP contribution in [0.5, 0.6) is 0 Å². The summed E-state index contributed by atoms with van der Waals surface area (Å²) in [6, 6.07) is 10.6. The number of anilines is 1. The average molecular weight is 345 g/mol. The van der Waals surface area contributed by atoms with E-state index in [2.05, 4.69) is 15.5 Å². The Morgan fingerprint density at radius 1 is 1.17 bits per heavy atom. The monoisotopic (exact) mass is 345 g/mol. The van der Waals surface area contributed by atoms with Gasteiger partial charge in [0.2, 0.25) is 0 Å². The smallest absolute Gasteiger partial charge is 0.319 e. The lowest BCUT2D eigenvalue weighted by Gasteiger charge is -2.09. The molecule has 1 aromatic heterocycles. The van der Waals surface area contributed by atoms with Gasteiger partial charge in [-0.05, 0) is 45.0 Å². The maximum absolute atomic E-state index is 12.1. The number of nitrogens with one attached hydrogen (secondary N) is 1. The highest BCUT2D eigenvalue weighted by atomic mass is 32.2. The number of rotatable bonds is 6. The molecule has 2 rings (SSSR count). The standard InChI is InChI=1S/C17H19N3O3S/c1-4-23-17(22)12(3)24-15-10-9-14(19-20-15)18-16(21)13-7-5-11(2)6-8-13/h5-10,12H,4H2,1-3H3,(H,18,19,21). The minimum absolute atomic E-state index is 0.246. The van der Waals surface area contributed by atoms with Crippen molar-refractivity contribution in [3.63, 3.8) is 0 Å². The van der Waals surface area contributed by atoms with Crippen LogP contribution in [0.15, 0.2) is 41.4 Å². The summed E-state index contributed by atoms with van der Waals surface area (Å²) in [6.07, 6.45) is 0. The van der Waals surface area contributed by atoms with Crippen LogP contribution < -0.4 is 5.32 Å². The topological polar surface area (TPSA) is 81.2 Å². The number of aromatic nitrogens is 2. The Balaban J connectivity index is 1.95. The van der Waals surface area contributed by atoms with Crippen molar-refractivity contribution in [2.45, 2.75) is 31.0 Å². The van der Waals surface area contributed by atoms with E-state index in [1.807, 2.05) is 19.1 Å². The zero-order valence-electron chi connectivity index (χ0n) is 13.8. The van der Waals surface area contributed by atoms with Crippen molar-refractivity contribution in [2.24, 2.45) is 0 Å². The van der Waals surface area contributed by atoms with Crippen LogP contribution in [0.2, 0.25) is 0 Å². The lowest BCUT2D eigenvalue weighted by Crippen LogP contribution is -2.17. The van der Waals surface area contributed by atoms with Crippen molar-refractivity contribution in [1.29, 1.82) is 0 Å². The molecule has 1 heterocycles. The summed E-state index contributed by atoms with van der Waals surface area (Å²) in [5, 5.41) is 10.9. The van der Waals surface area contributed by atoms with Gasteiger partial charge in [-0.2, -0.15) is 0 Å². The summed E-state index contributed by atoms with van der Waals surface area (Å²) in [7, 11) is 0. The lowest BCUT2D eigenvalue weighted by molar-refractivity contribution is -0.142. The molecule has 0 aliphatic heterocycles. The van der Waals surface area contributed by atoms with Crippen molar-refractivity contribution in [3.8, 4) is 0 Å². The zero-order chi connectivity index (χ0) is 17.5. The Kier molecular flexibility index (Phi) is 6.31. The van der Waals surface area contributed by atoms with Crippen LogP contribution in [-0.4, -0.2) is 33.9 Å². The number of aryl methyl sites for hydroxylation is 1. The van der Waals surface area contributed by atoms with Gasteiger partial charge in [-0.25, -0.2) is 0 Å². The molecule has 1 atom stereocenters. The molecule has 7 heteroatoms. The Morgan fingerprint density at radius 2 is 1.88 bits per heavy atom. The first-order chi connectivity index (χ1) is 11.5. The van der Waals surface area contributed by atoms with Crippen molar-refractivity contribution in [1.82, 2.24) is 10.2 Å². The molecule has 24 heavy (non-hydrogen) atoms. The fourth-order valence-electron chi connectivity index (χ4n) is 1.83. The van der Waals surface area contributed by atoms with Gasteiger partial charge in [-0.15, -0.1) is 10.2 Å². The summed E-state index contributed by atoms with van der Waals surface area (Å²) < 4.78 is 4.94. The van der Waals surface area contributed by atoms with Crippen LogP contribution in [0.4, 0.5) is 5.82 Å². The number of hydrogen-bond donors (Lipinski definition) is 1. The molecule has 0 radical (unpaired) electrons. The van der Waals surface area contributed by atoms with Gasteiger partial charge in [-0.1, -0.05) is 29.5 Å². The first-order valence-corrected chi connectivity index (χ1v) is 8.42. The van der Waals surface area contributed by atoms with E-state index in [4.69, 9.17) is 4.74 Å². The number of carbonyl (C=O) groups excluding carboxylic acids is 2. The van der Waals surface area contributed by atoms with Gasteiger partial charge in [0.25, 0.3) is 5.91 Å². The molecule has 1 N–H and O–H groups in total. The highest BCUT2D eigenvalue weighted by Gasteiger charge is 2.16. The van der Waals surface area contributed by atoms with Gasteiger partial charge in [0.1, 0.15) is 10.3 Å². The van der Waals surface area contributed by atoms with Crippen LogP contribution in [-0.2, 0) is 9.53 Å². The summed E-state index contributed by atoms with van der Waals surface area (Å²) >= 11 is 1.26. The third-order valence-corrected chi connectivity index (χ3v) is 4.12. The zero-order valence-corrected chi connectivity index (χ0v) is 14.6. The fourth-order valence-corrected chi connectivity index (χ4v) is 2.59. The largest absolute Gasteiger partial charge is 0.465 e. The van der Waals surface area contributed by atoms with Crippen LogP contribution in [0.3, 0.4) is 0 Å². The summed E-state index contributed by atoms with van der Waals surface area (Å²) in [5.74, 6) is -0.181. The Bertz CT molecular complexity index is 702. The van der Waals surface area contributed by atoms with Crippen molar-refractivity contribution < 1.29 is 14.3 Å². The van der Waals surface area contributed by atoms with E-state index in [-0.39, 0.29) is 17.1 Å². The van der Waals surface area contributed by atoms with E-state index in [9.17, 15) is 9.59 Å². The first kappa shape index (κ1) is 17.9. The number of amides is 1. The molecule has 1 aromatic carbocycles. The Hall–Kier alpha value is -2.41. The Morgan fingerprint density at radius 3 is 2.46 bits per heavy atom. The second-order valence-corrected chi connectivity index (χ2v) is 6.45. The van der Waals surface area contributed by atoms with E-state index in [1.165, 1.54) is 11.8 Å². The van der Waals surface area contributed by atoms with Gasteiger partial charge in [-0.3, -0.25) is 9.59 Å². The van der Waals surface area contributed by atoms with E-state index in [0.717, 1.165) is 5.56 Å². The third kappa shape index (κ3) is 5.06. The molecule has 0 bridgehead atoms. The minimum Gasteiger partial charge on any atom is -0.465 e. The summed E-state index contributed by atoms with van der Waals surface area (Å²) in [5.41, 5.74) is 1.64.